The van der Waals surface area contributed by atoms with Crippen molar-refractivity contribution < 1.29 is 19.0 Å². The highest BCUT2D eigenvalue weighted by molar-refractivity contribution is 5.87. The quantitative estimate of drug-likeness (QED) is 0.516. The molecule has 0 aromatic rings. The van der Waals surface area contributed by atoms with Gasteiger partial charge in [-0.2, -0.15) is 0 Å². The summed E-state index contributed by atoms with van der Waals surface area (Å²) in [5.41, 5.74) is 0.207. The Morgan fingerprint density at radius 2 is 2.19 bits per heavy atom. The molecule has 4 aliphatic rings. The Morgan fingerprint density at radius 1 is 1.44 bits per heavy atom. The van der Waals surface area contributed by atoms with Gasteiger partial charge in [0.05, 0.1) is 0 Å². The highest BCUT2D eigenvalue weighted by Gasteiger charge is 2.77. The number of hydrogen-bond donors (Lipinski definition) is 0. The van der Waals surface area contributed by atoms with E-state index in [1.807, 2.05) is 0 Å². The van der Waals surface area contributed by atoms with Gasteiger partial charge in [0.25, 0.3) is 0 Å². The van der Waals surface area contributed by atoms with Crippen molar-refractivity contribution in [1.29, 1.82) is 0 Å². The van der Waals surface area contributed by atoms with Gasteiger partial charge in [-0.3, -0.25) is 0 Å². The first-order valence-corrected chi connectivity index (χ1v) is 5.80. The fraction of sp³-hybridized carbons (Fsp3) is 0.750. The zero-order valence-corrected chi connectivity index (χ0v) is 9.14. The van der Waals surface area contributed by atoms with E-state index < -0.39 is 0 Å². The second-order valence-corrected chi connectivity index (χ2v) is 5.49. The molecule has 6 atom stereocenters. The predicted octanol–water partition coefficient (Wildman–Crippen LogP) is 1.01. The van der Waals surface area contributed by atoms with Crippen molar-refractivity contribution in [2.24, 2.45) is 11.8 Å². The molecule has 0 N–H and O–H groups in total. The summed E-state index contributed by atoms with van der Waals surface area (Å²) >= 11 is 0. The molecule has 2 aliphatic carbocycles. The van der Waals surface area contributed by atoms with Crippen molar-refractivity contribution in [3.05, 3.63) is 12.2 Å². The van der Waals surface area contributed by atoms with Crippen molar-refractivity contribution in [3.8, 4) is 0 Å². The number of ether oxygens (including phenoxy) is 3. The van der Waals surface area contributed by atoms with Crippen LogP contribution in [0, 0.1) is 11.8 Å². The van der Waals surface area contributed by atoms with Gasteiger partial charge in [0, 0.05) is 11.5 Å². The van der Waals surface area contributed by atoms with Crippen LogP contribution in [0.15, 0.2) is 12.2 Å². The van der Waals surface area contributed by atoms with Gasteiger partial charge in [-0.25, -0.2) is 4.79 Å². The van der Waals surface area contributed by atoms with E-state index >= 15 is 0 Å². The molecule has 0 amide bonds. The SMILES string of the molecule is C=C(C)C(=O)OC1C2OC3OC14CC3C2C4. The molecule has 0 radical (unpaired) electrons. The zero-order chi connectivity index (χ0) is 11.1. The van der Waals surface area contributed by atoms with E-state index in [9.17, 15) is 4.79 Å². The molecule has 86 valence electrons. The Morgan fingerprint density at radius 3 is 2.81 bits per heavy atom. The summed E-state index contributed by atoms with van der Waals surface area (Å²) in [4.78, 5) is 11.6. The van der Waals surface area contributed by atoms with Gasteiger partial charge in [-0.15, -0.1) is 0 Å². The average molecular weight is 222 g/mol. The molecule has 1 spiro atoms. The van der Waals surface area contributed by atoms with E-state index in [0.29, 0.717) is 17.4 Å². The third-order valence-electron chi connectivity index (χ3n) is 4.53. The van der Waals surface area contributed by atoms with Crippen LogP contribution in [0.1, 0.15) is 19.8 Å². The zero-order valence-electron chi connectivity index (χ0n) is 9.14. The predicted molar refractivity (Wildman–Crippen MR) is 53.4 cm³/mol. The topological polar surface area (TPSA) is 44.8 Å². The molecule has 2 saturated heterocycles. The van der Waals surface area contributed by atoms with Crippen LogP contribution in [0.3, 0.4) is 0 Å². The van der Waals surface area contributed by atoms with Crippen LogP contribution in [0.4, 0.5) is 0 Å². The summed E-state index contributed by atoms with van der Waals surface area (Å²) in [6, 6.07) is 0. The summed E-state index contributed by atoms with van der Waals surface area (Å²) in [5.74, 6) is 0.762. The molecule has 4 fully saturated rings. The van der Waals surface area contributed by atoms with Crippen molar-refractivity contribution >= 4 is 5.97 Å². The highest BCUT2D eigenvalue weighted by Crippen LogP contribution is 2.67. The normalized spacial score (nSPS) is 54.9. The Labute approximate surface area is 93.5 Å². The Hall–Kier alpha value is -0.870. The van der Waals surface area contributed by atoms with E-state index in [2.05, 4.69) is 6.58 Å². The lowest BCUT2D eigenvalue weighted by Crippen LogP contribution is -2.50. The molecule has 2 saturated carbocycles. The third kappa shape index (κ3) is 0.834. The van der Waals surface area contributed by atoms with Crippen LogP contribution in [0.25, 0.3) is 0 Å². The first-order chi connectivity index (χ1) is 7.61. The molecule has 0 aromatic carbocycles. The average Bonchev–Trinajstić information content (AvgIpc) is 2.83. The molecule has 2 heterocycles. The summed E-state index contributed by atoms with van der Waals surface area (Å²) < 4.78 is 17.1. The van der Waals surface area contributed by atoms with Crippen molar-refractivity contribution in [2.75, 3.05) is 0 Å². The molecule has 6 unspecified atom stereocenters. The lowest BCUT2D eigenvalue weighted by atomic mass is 9.88. The van der Waals surface area contributed by atoms with E-state index in [1.54, 1.807) is 6.92 Å². The minimum Gasteiger partial charge on any atom is -0.453 e. The smallest absolute Gasteiger partial charge is 0.333 e. The van der Waals surface area contributed by atoms with Crippen molar-refractivity contribution in [2.45, 2.75) is 43.9 Å². The van der Waals surface area contributed by atoms with Crippen LogP contribution in [-0.2, 0) is 19.0 Å². The summed E-state index contributed by atoms with van der Waals surface area (Å²) in [6.45, 7) is 5.26. The molecule has 2 aliphatic heterocycles. The molecular weight excluding hydrogens is 208 g/mol. The van der Waals surface area contributed by atoms with Crippen LogP contribution in [0.5, 0.6) is 0 Å². The van der Waals surface area contributed by atoms with E-state index in [0.717, 1.165) is 12.8 Å². The fourth-order valence-corrected chi connectivity index (χ4v) is 3.93. The minimum atomic E-state index is -0.328. The maximum atomic E-state index is 11.6. The van der Waals surface area contributed by atoms with E-state index in [1.165, 1.54) is 0 Å². The lowest BCUT2D eigenvalue weighted by Gasteiger charge is -2.37. The van der Waals surface area contributed by atoms with E-state index in [4.69, 9.17) is 14.2 Å². The largest absolute Gasteiger partial charge is 0.453 e. The standard InChI is InChI=1S/C12H14O4/c1-5(2)10(13)15-9-8-6-3-12(9)4-7(6)11(14-8)16-12/h6-9,11H,1,3-4H2,2H3. The molecule has 4 nitrogen and oxygen atoms in total. The third-order valence-corrected chi connectivity index (χ3v) is 4.53. The van der Waals surface area contributed by atoms with Crippen LogP contribution >= 0.6 is 0 Å². The summed E-state index contributed by atoms with van der Waals surface area (Å²) in [6.07, 6.45) is 1.82. The highest BCUT2D eigenvalue weighted by atomic mass is 16.7. The molecule has 0 aromatic heterocycles. The molecule has 3 bridgehead atoms. The molecule has 16 heavy (non-hydrogen) atoms. The fourth-order valence-electron chi connectivity index (χ4n) is 3.93. The van der Waals surface area contributed by atoms with Gasteiger partial charge in [0.2, 0.25) is 0 Å². The number of carbonyl (C=O) groups is 1. The van der Waals surface area contributed by atoms with E-state index in [-0.39, 0.29) is 30.1 Å². The van der Waals surface area contributed by atoms with Crippen molar-refractivity contribution in [3.63, 3.8) is 0 Å². The Kier molecular flexibility index (Phi) is 1.44. The van der Waals surface area contributed by atoms with Gasteiger partial charge >= 0.3 is 5.97 Å². The maximum absolute atomic E-state index is 11.6. The molecule has 4 rings (SSSR count). The Balaban J connectivity index is 1.63. The summed E-state index contributed by atoms with van der Waals surface area (Å²) in [7, 11) is 0. The maximum Gasteiger partial charge on any atom is 0.333 e. The first kappa shape index (κ1) is 9.19. The summed E-state index contributed by atoms with van der Waals surface area (Å²) in [5, 5.41) is 0. The van der Waals surface area contributed by atoms with Gasteiger partial charge < -0.3 is 14.2 Å². The lowest BCUT2D eigenvalue weighted by molar-refractivity contribution is -0.261. The van der Waals surface area contributed by atoms with Gasteiger partial charge in [-0.05, 0) is 25.7 Å². The first-order valence-electron chi connectivity index (χ1n) is 5.80. The Bertz CT molecular complexity index is 394. The van der Waals surface area contributed by atoms with Gasteiger partial charge in [-0.1, -0.05) is 6.58 Å². The second kappa shape index (κ2) is 2.51. The van der Waals surface area contributed by atoms with Gasteiger partial charge in [0.1, 0.15) is 11.7 Å². The van der Waals surface area contributed by atoms with Crippen molar-refractivity contribution in [1.82, 2.24) is 0 Å². The van der Waals surface area contributed by atoms with Crippen LogP contribution in [-0.4, -0.2) is 30.1 Å². The molecular formula is C12H14O4. The number of hydrogen-bond acceptors (Lipinski definition) is 4. The van der Waals surface area contributed by atoms with Gasteiger partial charge in [0.15, 0.2) is 12.4 Å². The second-order valence-electron chi connectivity index (χ2n) is 5.49. The number of esters is 1. The molecule has 4 heteroatoms. The minimum absolute atomic E-state index is 0.0245. The van der Waals surface area contributed by atoms with Crippen LogP contribution < -0.4 is 0 Å². The van der Waals surface area contributed by atoms with Crippen LogP contribution in [0.2, 0.25) is 0 Å². The number of rotatable bonds is 2. The monoisotopic (exact) mass is 222 g/mol. The number of carbonyl (C=O) groups excluding carboxylic acids is 1.